The first kappa shape index (κ1) is 12.5. The number of benzene rings is 1. The number of H-pyrrole nitrogens is 1. The minimum atomic E-state index is 0.348. The largest absolute Gasteiger partial charge is 0.382 e. The van der Waals surface area contributed by atoms with Crippen LogP contribution >= 0.6 is 34.8 Å². The summed E-state index contributed by atoms with van der Waals surface area (Å²) in [6.07, 6.45) is 1.60. The second kappa shape index (κ2) is 4.56. The second-order valence-electron chi connectivity index (χ2n) is 3.92. The Labute approximate surface area is 123 Å². The molecule has 96 valence electrons. The predicted octanol–water partition coefficient (Wildman–Crippen LogP) is 4.17. The Morgan fingerprint density at radius 2 is 1.79 bits per heavy atom. The van der Waals surface area contributed by atoms with Crippen molar-refractivity contribution in [3.8, 4) is 11.4 Å². The van der Waals surface area contributed by atoms with Crippen LogP contribution in [0.1, 0.15) is 0 Å². The van der Waals surface area contributed by atoms with E-state index in [2.05, 4.69) is 15.0 Å². The Balaban J connectivity index is 2.28. The van der Waals surface area contributed by atoms with Gasteiger partial charge in [-0.3, -0.25) is 0 Å². The van der Waals surface area contributed by atoms with E-state index < -0.39 is 0 Å². The molecule has 0 atom stereocenters. The van der Waals surface area contributed by atoms with E-state index in [1.54, 1.807) is 24.4 Å². The summed E-state index contributed by atoms with van der Waals surface area (Å²) in [5.41, 5.74) is 7.70. The standard InChI is InChI=1S/C12H7Cl3N4/c13-5-3-6(14)9(7(15)4-5)12-18-8-1-2-17-11(16)10(8)19-12/h1-4H,(H2,16,17)(H,18,19). The molecule has 7 heteroatoms. The van der Waals surface area contributed by atoms with Gasteiger partial charge in [0.25, 0.3) is 0 Å². The Kier molecular flexibility index (Phi) is 3.01. The van der Waals surface area contributed by atoms with E-state index in [0.29, 0.717) is 37.8 Å². The molecule has 0 aliphatic heterocycles. The number of aromatic nitrogens is 3. The third kappa shape index (κ3) is 2.12. The minimum absolute atomic E-state index is 0.348. The van der Waals surface area contributed by atoms with Crippen LogP contribution in [0.2, 0.25) is 15.1 Å². The molecule has 0 bridgehead atoms. The molecule has 2 aromatic heterocycles. The fourth-order valence-corrected chi connectivity index (χ4v) is 2.84. The molecule has 4 nitrogen and oxygen atoms in total. The molecule has 0 aliphatic carbocycles. The second-order valence-corrected chi connectivity index (χ2v) is 5.17. The molecule has 0 aliphatic rings. The van der Waals surface area contributed by atoms with Gasteiger partial charge in [-0.2, -0.15) is 0 Å². The molecular weight excluding hydrogens is 307 g/mol. The zero-order valence-electron chi connectivity index (χ0n) is 9.42. The molecule has 0 fully saturated rings. The SMILES string of the molecule is Nc1nccc2[nH]c(-c3c(Cl)cc(Cl)cc3Cl)nc12. The maximum Gasteiger partial charge on any atom is 0.151 e. The number of nitrogens with two attached hydrogens (primary N) is 1. The molecular formula is C12H7Cl3N4. The number of rotatable bonds is 1. The molecule has 0 saturated carbocycles. The molecule has 3 aromatic rings. The van der Waals surface area contributed by atoms with Crippen molar-refractivity contribution in [3.05, 3.63) is 39.5 Å². The van der Waals surface area contributed by atoms with Crippen molar-refractivity contribution in [2.45, 2.75) is 0 Å². The summed E-state index contributed by atoms with van der Waals surface area (Å²) in [6.45, 7) is 0. The number of imidazole rings is 1. The first-order chi connectivity index (χ1) is 9.06. The number of fused-ring (bicyclic) bond motifs is 1. The zero-order valence-corrected chi connectivity index (χ0v) is 11.7. The van der Waals surface area contributed by atoms with Gasteiger partial charge in [0.15, 0.2) is 5.82 Å². The smallest absolute Gasteiger partial charge is 0.151 e. The van der Waals surface area contributed by atoms with Gasteiger partial charge in [0.05, 0.1) is 21.1 Å². The maximum absolute atomic E-state index is 6.16. The zero-order chi connectivity index (χ0) is 13.6. The van der Waals surface area contributed by atoms with Crippen LogP contribution in [0.4, 0.5) is 5.82 Å². The molecule has 0 amide bonds. The summed E-state index contributed by atoms with van der Waals surface area (Å²) >= 11 is 18.2. The van der Waals surface area contributed by atoms with Crippen molar-refractivity contribution in [2.75, 3.05) is 5.73 Å². The molecule has 0 spiro atoms. The first-order valence-corrected chi connectivity index (χ1v) is 6.45. The van der Waals surface area contributed by atoms with Crippen LogP contribution in [-0.4, -0.2) is 15.0 Å². The van der Waals surface area contributed by atoms with E-state index in [1.165, 1.54) is 0 Å². The molecule has 19 heavy (non-hydrogen) atoms. The number of aromatic amines is 1. The van der Waals surface area contributed by atoms with Crippen LogP contribution in [0.5, 0.6) is 0 Å². The average Bonchev–Trinajstić information content (AvgIpc) is 2.72. The molecule has 0 radical (unpaired) electrons. The number of nitrogen functional groups attached to an aromatic ring is 1. The van der Waals surface area contributed by atoms with Gasteiger partial charge in [0.1, 0.15) is 11.3 Å². The summed E-state index contributed by atoms with van der Waals surface area (Å²) in [5, 5.41) is 1.31. The van der Waals surface area contributed by atoms with Crippen molar-refractivity contribution in [2.24, 2.45) is 0 Å². The first-order valence-electron chi connectivity index (χ1n) is 5.31. The molecule has 3 rings (SSSR count). The summed E-state index contributed by atoms with van der Waals surface area (Å²) in [5.74, 6) is 0.877. The highest BCUT2D eigenvalue weighted by molar-refractivity contribution is 6.41. The monoisotopic (exact) mass is 312 g/mol. The Bertz CT molecular complexity index is 759. The number of hydrogen-bond acceptors (Lipinski definition) is 3. The highest BCUT2D eigenvalue weighted by Gasteiger charge is 2.15. The van der Waals surface area contributed by atoms with Gasteiger partial charge in [0, 0.05) is 11.2 Å². The molecule has 1 aromatic carbocycles. The lowest BCUT2D eigenvalue weighted by Gasteiger charge is -2.04. The van der Waals surface area contributed by atoms with Gasteiger partial charge in [-0.15, -0.1) is 0 Å². The van der Waals surface area contributed by atoms with Gasteiger partial charge in [-0.05, 0) is 18.2 Å². The highest BCUT2D eigenvalue weighted by Crippen LogP contribution is 2.36. The third-order valence-corrected chi connectivity index (χ3v) is 3.49. The van der Waals surface area contributed by atoms with E-state index in [9.17, 15) is 0 Å². The number of anilines is 1. The lowest BCUT2D eigenvalue weighted by atomic mass is 10.2. The van der Waals surface area contributed by atoms with Crippen molar-refractivity contribution < 1.29 is 0 Å². The number of nitrogens with one attached hydrogen (secondary N) is 1. The van der Waals surface area contributed by atoms with Crippen LogP contribution in [-0.2, 0) is 0 Å². The lowest BCUT2D eigenvalue weighted by molar-refractivity contribution is 1.33. The fourth-order valence-electron chi connectivity index (χ4n) is 1.84. The van der Waals surface area contributed by atoms with Crippen LogP contribution < -0.4 is 5.73 Å². The highest BCUT2D eigenvalue weighted by atomic mass is 35.5. The van der Waals surface area contributed by atoms with Gasteiger partial charge in [0.2, 0.25) is 0 Å². The van der Waals surface area contributed by atoms with Gasteiger partial charge >= 0.3 is 0 Å². The van der Waals surface area contributed by atoms with Gasteiger partial charge in [-0.25, -0.2) is 9.97 Å². The summed E-state index contributed by atoms with van der Waals surface area (Å²) in [7, 11) is 0. The van der Waals surface area contributed by atoms with Crippen LogP contribution in [0, 0.1) is 0 Å². The minimum Gasteiger partial charge on any atom is -0.382 e. The fraction of sp³-hybridized carbons (Fsp3) is 0. The Morgan fingerprint density at radius 3 is 2.42 bits per heavy atom. The lowest BCUT2D eigenvalue weighted by Crippen LogP contribution is -1.89. The summed E-state index contributed by atoms with van der Waals surface area (Å²) in [6, 6.07) is 5.00. The van der Waals surface area contributed by atoms with E-state index in [0.717, 1.165) is 5.52 Å². The van der Waals surface area contributed by atoms with Gasteiger partial charge in [-0.1, -0.05) is 34.8 Å². The Hall–Kier alpha value is -1.49. The molecule has 3 N–H and O–H groups in total. The van der Waals surface area contributed by atoms with Crippen molar-refractivity contribution in [1.82, 2.24) is 15.0 Å². The van der Waals surface area contributed by atoms with Crippen LogP contribution in [0.25, 0.3) is 22.4 Å². The quantitative estimate of drug-likeness (QED) is 0.708. The number of halogens is 3. The predicted molar refractivity (Wildman–Crippen MR) is 78.8 cm³/mol. The molecule has 2 heterocycles. The van der Waals surface area contributed by atoms with Crippen molar-refractivity contribution in [3.63, 3.8) is 0 Å². The summed E-state index contributed by atoms with van der Waals surface area (Å²) in [4.78, 5) is 11.5. The van der Waals surface area contributed by atoms with E-state index in [-0.39, 0.29) is 0 Å². The van der Waals surface area contributed by atoms with E-state index in [4.69, 9.17) is 40.5 Å². The van der Waals surface area contributed by atoms with Crippen molar-refractivity contribution in [1.29, 1.82) is 0 Å². The molecule has 0 saturated heterocycles. The summed E-state index contributed by atoms with van der Waals surface area (Å²) < 4.78 is 0. The number of nitrogens with zero attached hydrogens (tertiary/aromatic N) is 2. The van der Waals surface area contributed by atoms with Gasteiger partial charge < -0.3 is 10.7 Å². The Morgan fingerprint density at radius 1 is 1.11 bits per heavy atom. The van der Waals surface area contributed by atoms with Crippen molar-refractivity contribution >= 4 is 51.7 Å². The van der Waals surface area contributed by atoms with Crippen LogP contribution in [0.15, 0.2) is 24.4 Å². The average molecular weight is 314 g/mol. The maximum atomic E-state index is 6.16. The normalized spacial score (nSPS) is 11.1. The topological polar surface area (TPSA) is 67.6 Å². The third-order valence-electron chi connectivity index (χ3n) is 2.67. The molecule has 0 unspecified atom stereocenters. The number of pyridine rings is 1. The van der Waals surface area contributed by atoms with Crippen LogP contribution in [0.3, 0.4) is 0 Å². The van der Waals surface area contributed by atoms with E-state index in [1.807, 2.05) is 0 Å². The number of hydrogen-bond donors (Lipinski definition) is 2. The van der Waals surface area contributed by atoms with E-state index >= 15 is 0 Å².